The van der Waals surface area contributed by atoms with E-state index in [1.807, 2.05) is 13.8 Å². The van der Waals surface area contributed by atoms with Crippen molar-refractivity contribution in [1.29, 1.82) is 0 Å². The topological polar surface area (TPSA) is 4.93 Å². The second-order valence-electron chi connectivity index (χ2n) is 7.03. The molecule has 0 saturated heterocycles. The minimum Gasteiger partial charge on any atom is -0.330 e. The Kier molecular flexibility index (Phi) is 3.68. The van der Waals surface area contributed by atoms with Crippen molar-refractivity contribution in [3.63, 3.8) is 0 Å². The lowest BCUT2D eigenvalue weighted by Crippen LogP contribution is -2.23. The van der Waals surface area contributed by atoms with Gasteiger partial charge in [-0.25, -0.2) is 0 Å². The molecule has 0 amide bonds. The van der Waals surface area contributed by atoms with E-state index < -0.39 is 0 Å². The zero-order chi connectivity index (χ0) is 17.5. The fourth-order valence-electron chi connectivity index (χ4n) is 4.27. The molecule has 1 fully saturated rings. The molecule has 2 atom stereocenters. The van der Waals surface area contributed by atoms with Crippen LogP contribution in [0.2, 0.25) is 0 Å². The normalized spacial score (nSPS) is 26.0. The molecule has 2 aliphatic carbocycles. The second kappa shape index (κ2) is 5.77. The van der Waals surface area contributed by atoms with E-state index in [1.165, 1.54) is 28.6 Å². The van der Waals surface area contributed by atoms with Crippen molar-refractivity contribution in [2.75, 3.05) is 0 Å². The van der Waals surface area contributed by atoms with Crippen LogP contribution in [0.1, 0.15) is 27.2 Å². The average Bonchev–Trinajstić information content (AvgIpc) is 3.13. The number of hydrogen-bond acceptors (Lipinski definition) is 0. The van der Waals surface area contributed by atoms with Gasteiger partial charge < -0.3 is 4.57 Å². The average molecular weight is 327 g/mol. The van der Waals surface area contributed by atoms with Gasteiger partial charge in [0.1, 0.15) is 0 Å². The van der Waals surface area contributed by atoms with Gasteiger partial charge in [-0.05, 0) is 24.1 Å². The number of hydrogen-bond donors (Lipinski definition) is 0. The molecular weight excluding hydrogens is 302 g/mol. The van der Waals surface area contributed by atoms with Gasteiger partial charge in [-0.2, -0.15) is 0 Å². The van der Waals surface area contributed by atoms with Crippen molar-refractivity contribution in [3.05, 3.63) is 85.0 Å². The number of fused-ring (bicyclic) bond motifs is 2. The first-order chi connectivity index (χ1) is 12.2. The lowest BCUT2D eigenvalue weighted by atomic mass is 9.96. The van der Waals surface area contributed by atoms with Crippen LogP contribution in [0.15, 0.2) is 85.0 Å². The van der Waals surface area contributed by atoms with Crippen molar-refractivity contribution in [2.24, 2.45) is 5.41 Å². The molecule has 2 aliphatic rings. The number of rotatable bonds is 2. The lowest BCUT2D eigenvalue weighted by Gasteiger charge is -2.25. The molecule has 1 nitrogen and oxygen atoms in total. The summed E-state index contributed by atoms with van der Waals surface area (Å²) in [6.45, 7) is 6.37. The van der Waals surface area contributed by atoms with E-state index in [1.54, 1.807) is 0 Å². The maximum atomic E-state index is 2.57. The highest BCUT2D eigenvalue weighted by atomic mass is 15.1. The largest absolute Gasteiger partial charge is 0.330 e. The van der Waals surface area contributed by atoms with Gasteiger partial charge in [-0.1, -0.05) is 93.6 Å². The van der Waals surface area contributed by atoms with Crippen LogP contribution in [-0.4, -0.2) is 4.57 Å². The van der Waals surface area contributed by atoms with Gasteiger partial charge in [0.05, 0.1) is 5.54 Å². The summed E-state index contributed by atoms with van der Waals surface area (Å²) in [6, 6.07) is 21.8. The molecule has 2 unspecified atom stereocenters. The molecule has 0 N–H and O–H groups in total. The summed E-state index contributed by atoms with van der Waals surface area (Å²) >= 11 is 0. The SMILES string of the molecule is CC.CC12C=CC=CC1(n1c(-c3ccccc3)cc3ccccc31)C2. The van der Waals surface area contributed by atoms with Gasteiger partial charge in [-0.15, -0.1) is 0 Å². The Hall–Kier alpha value is -2.54. The smallest absolute Gasteiger partial charge is 0.0735 e. The molecule has 0 radical (unpaired) electrons. The van der Waals surface area contributed by atoms with Gasteiger partial charge in [0.25, 0.3) is 0 Å². The molecule has 126 valence electrons. The third-order valence-corrected chi connectivity index (χ3v) is 5.63. The maximum absolute atomic E-state index is 2.57. The zero-order valence-electron chi connectivity index (χ0n) is 15.2. The molecule has 0 bridgehead atoms. The Balaban J connectivity index is 0.000000758. The molecule has 2 aromatic carbocycles. The molecule has 5 rings (SSSR count). The van der Waals surface area contributed by atoms with E-state index in [4.69, 9.17) is 0 Å². The predicted molar refractivity (Wildman–Crippen MR) is 108 cm³/mol. The summed E-state index contributed by atoms with van der Waals surface area (Å²) in [6.07, 6.45) is 10.3. The van der Waals surface area contributed by atoms with Gasteiger partial charge in [0.2, 0.25) is 0 Å². The van der Waals surface area contributed by atoms with E-state index in [0.29, 0.717) is 0 Å². The first-order valence-corrected chi connectivity index (χ1v) is 9.27. The van der Waals surface area contributed by atoms with E-state index in [9.17, 15) is 0 Å². The lowest BCUT2D eigenvalue weighted by molar-refractivity contribution is 0.499. The highest BCUT2D eigenvalue weighted by Crippen LogP contribution is 2.66. The minimum atomic E-state index is 0.0794. The quantitative estimate of drug-likeness (QED) is 0.502. The standard InChI is InChI=1S/C22H19N.C2H6/c1-21-13-7-8-14-22(21,16-21)23-19-12-6-5-11-18(19)15-20(23)17-9-3-2-4-10-17;1-2/h2-15H,16H2,1H3;1-2H3. The van der Waals surface area contributed by atoms with Crippen LogP contribution in [0, 0.1) is 5.41 Å². The fourth-order valence-corrected chi connectivity index (χ4v) is 4.27. The number of benzene rings is 2. The molecule has 1 aromatic heterocycles. The van der Waals surface area contributed by atoms with Gasteiger partial charge in [0, 0.05) is 22.0 Å². The summed E-state index contributed by atoms with van der Waals surface area (Å²) in [5, 5.41) is 1.32. The number of aromatic nitrogens is 1. The van der Waals surface area contributed by atoms with Crippen LogP contribution >= 0.6 is 0 Å². The summed E-state index contributed by atoms with van der Waals surface area (Å²) in [7, 11) is 0. The van der Waals surface area contributed by atoms with Crippen LogP contribution < -0.4 is 0 Å². The van der Waals surface area contributed by atoms with Gasteiger partial charge in [-0.3, -0.25) is 0 Å². The number of nitrogens with zero attached hydrogens (tertiary/aromatic N) is 1. The Morgan fingerprint density at radius 1 is 0.840 bits per heavy atom. The molecule has 25 heavy (non-hydrogen) atoms. The van der Waals surface area contributed by atoms with Crippen LogP contribution in [-0.2, 0) is 5.54 Å². The maximum Gasteiger partial charge on any atom is 0.0735 e. The van der Waals surface area contributed by atoms with Crippen molar-refractivity contribution in [1.82, 2.24) is 4.57 Å². The molecule has 0 spiro atoms. The summed E-state index contributed by atoms with van der Waals surface area (Å²) in [4.78, 5) is 0. The van der Waals surface area contributed by atoms with Crippen LogP contribution in [0.4, 0.5) is 0 Å². The Morgan fingerprint density at radius 3 is 2.28 bits per heavy atom. The zero-order valence-corrected chi connectivity index (χ0v) is 15.2. The molecule has 3 aromatic rings. The fraction of sp³-hybridized carbons (Fsp3) is 0.250. The molecule has 1 heterocycles. The van der Waals surface area contributed by atoms with Crippen molar-refractivity contribution >= 4 is 10.9 Å². The van der Waals surface area contributed by atoms with Crippen molar-refractivity contribution < 1.29 is 0 Å². The Bertz CT molecular complexity index is 960. The third-order valence-electron chi connectivity index (χ3n) is 5.63. The van der Waals surface area contributed by atoms with Crippen molar-refractivity contribution in [2.45, 2.75) is 32.7 Å². The summed E-state index contributed by atoms with van der Waals surface area (Å²) < 4.78 is 2.57. The van der Waals surface area contributed by atoms with E-state index >= 15 is 0 Å². The first-order valence-electron chi connectivity index (χ1n) is 9.27. The molecule has 1 saturated carbocycles. The van der Waals surface area contributed by atoms with Crippen LogP contribution in [0.3, 0.4) is 0 Å². The molecular formula is C24H25N. The van der Waals surface area contributed by atoms with Crippen molar-refractivity contribution in [3.8, 4) is 11.3 Å². The molecule has 1 heteroatoms. The van der Waals surface area contributed by atoms with E-state index in [0.717, 1.165) is 0 Å². The number of allylic oxidation sites excluding steroid dienone is 4. The highest BCUT2D eigenvalue weighted by Gasteiger charge is 2.64. The first kappa shape index (κ1) is 16.0. The molecule has 0 aliphatic heterocycles. The predicted octanol–water partition coefficient (Wildman–Crippen LogP) is 6.57. The van der Waals surface area contributed by atoms with Gasteiger partial charge in [0.15, 0.2) is 0 Å². The second-order valence-corrected chi connectivity index (χ2v) is 7.03. The van der Waals surface area contributed by atoms with Gasteiger partial charge >= 0.3 is 0 Å². The monoisotopic (exact) mass is 327 g/mol. The van der Waals surface area contributed by atoms with Crippen LogP contribution in [0.25, 0.3) is 22.2 Å². The summed E-state index contributed by atoms with van der Waals surface area (Å²) in [5.74, 6) is 0. The van der Waals surface area contributed by atoms with E-state index in [2.05, 4.69) is 96.5 Å². The van der Waals surface area contributed by atoms with E-state index in [-0.39, 0.29) is 11.0 Å². The summed E-state index contributed by atoms with van der Waals surface area (Å²) in [5.41, 5.74) is 4.24. The third kappa shape index (κ3) is 2.22. The highest BCUT2D eigenvalue weighted by molar-refractivity contribution is 5.88. The minimum absolute atomic E-state index is 0.0794. The number of para-hydroxylation sites is 1. The van der Waals surface area contributed by atoms with Crippen LogP contribution in [0.5, 0.6) is 0 Å². The Labute approximate surface area is 150 Å². The Morgan fingerprint density at radius 2 is 1.52 bits per heavy atom.